The lowest BCUT2D eigenvalue weighted by atomic mass is 10.0. The third-order valence-electron chi connectivity index (χ3n) is 3.21. The van der Waals surface area contributed by atoms with Crippen LogP contribution in [0.2, 0.25) is 0 Å². The summed E-state index contributed by atoms with van der Waals surface area (Å²) >= 11 is 0. The number of amides is 1. The van der Waals surface area contributed by atoms with Crippen LogP contribution in [0.4, 0.5) is 11.4 Å². The maximum absolute atomic E-state index is 11.8. The molecule has 1 rings (SSSR count). The summed E-state index contributed by atoms with van der Waals surface area (Å²) in [6.07, 6.45) is 1.25. The fourth-order valence-corrected chi connectivity index (χ4v) is 2.38. The average molecular weight is 313 g/mol. The van der Waals surface area contributed by atoms with Crippen LogP contribution in [-0.2, 0) is 14.8 Å². The van der Waals surface area contributed by atoms with Crippen LogP contribution >= 0.6 is 0 Å². The standard InChI is InChI=1S/C14H23N3O3S/c1-3-11(10-15)9-14(18)16-12-5-7-13(8-6-12)17-21(19,20)4-2/h5-8,11,17H,3-4,9-10,15H2,1-2H3,(H,16,18). The first kappa shape index (κ1) is 17.5. The number of anilines is 2. The van der Waals surface area contributed by atoms with Crippen molar-refractivity contribution in [1.29, 1.82) is 0 Å². The average Bonchev–Trinajstić information content (AvgIpc) is 2.46. The van der Waals surface area contributed by atoms with Gasteiger partial charge in [0.05, 0.1) is 5.75 Å². The fraction of sp³-hybridized carbons (Fsp3) is 0.500. The van der Waals surface area contributed by atoms with Gasteiger partial charge in [0.25, 0.3) is 0 Å². The number of rotatable bonds is 8. The molecule has 21 heavy (non-hydrogen) atoms. The normalized spacial score (nSPS) is 12.7. The molecule has 0 aliphatic carbocycles. The Balaban J connectivity index is 2.60. The van der Waals surface area contributed by atoms with E-state index in [1.54, 1.807) is 31.2 Å². The maximum Gasteiger partial charge on any atom is 0.232 e. The van der Waals surface area contributed by atoms with Gasteiger partial charge in [0.2, 0.25) is 15.9 Å². The first-order valence-corrected chi connectivity index (χ1v) is 8.65. The summed E-state index contributed by atoms with van der Waals surface area (Å²) in [4.78, 5) is 11.8. The summed E-state index contributed by atoms with van der Waals surface area (Å²) in [7, 11) is -3.28. The number of benzene rings is 1. The zero-order chi connectivity index (χ0) is 15.9. The van der Waals surface area contributed by atoms with Crippen molar-refractivity contribution in [2.75, 3.05) is 22.3 Å². The number of carbonyl (C=O) groups excluding carboxylic acids is 1. The van der Waals surface area contributed by atoms with Crippen LogP contribution in [0.5, 0.6) is 0 Å². The number of hydrogen-bond donors (Lipinski definition) is 3. The van der Waals surface area contributed by atoms with Gasteiger partial charge in [-0.3, -0.25) is 9.52 Å². The van der Waals surface area contributed by atoms with Crippen molar-refractivity contribution in [2.45, 2.75) is 26.7 Å². The molecule has 0 spiro atoms. The number of nitrogens with one attached hydrogen (secondary N) is 2. The predicted molar refractivity (Wildman–Crippen MR) is 85.6 cm³/mol. The van der Waals surface area contributed by atoms with E-state index in [2.05, 4.69) is 10.0 Å². The highest BCUT2D eigenvalue weighted by Crippen LogP contribution is 2.16. The second-order valence-corrected chi connectivity index (χ2v) is 6.86. The van der Waals surface area contributed by atoms with Gasteiger partial charge in [-0.2, -0.15) is 0 Å². The third kappa shape index (κ3) is 6.14. The van der Waals surface area contributed by atoms with Gasteiger partial charge in [0, 0.05) is 17.8 Å². The van der Waals surface area contributed by atoms with E-state index >= 15 is 0 Å². The highest BCUT2D eigenvalue weighted by Gasteiger charge is 2.11. The van der Waals surface area contributed by atoms with Crippen molar-refractivity contribution in [1.82, 2.24) is 0 Å². The van der Waals surface area contributed by atoms with Crippen LogP contribution < -0.4 is 15.8 Å². The molecule has 1 aromatic carbocycles. The quantitative estimate of drug-likeness (QED) is 0.680. The molecule has 0 aromatic heterocycles. The maximum atomic E-state index is 11.8. The molecule has 0 bridgehead atoms. The topological polar surface area (TPSA) is 101 Å². The molecule has 0 radical (unpaired) electrons. The SMILES string of the molecule is CCC(CN)CC(=O)Nc1ccc(NS(=O)(=O)CC)cc1. The number of sulfonamides is 1. The summed E-state index contributed by atoms with van der Waals surface area (Å²) in [5.74, 6) is 0.109. The van der Waals surface area contributed by atoms with Gasteiger partial charge < -0.3 is 11.1 Å². The van der Waals surface area contributed by atoms with Crippen LogP contribution in [0, 0.1) is 5.92 Å². The minimum atomic E-state index is -3.28. The molecule has 0 fully saturated rings. The molecule has 1 unspecified atom stereocenters. The van der Waals surface area contributed by atoms with Gasteiger partial charge in [-0.25, -0.2) is 8.42 Å². The molecule has 0 heterocycles. The smallest absolute Gasteiger partial charge is 0.232 e. The molecule has 1 atom stereocenters. The van der Waals surface area contributed by atoms with E-state index in [1.807, 2.05) is 6.92 Å². The molecule has 6 nitrogen and oxygen atoms in total. The fourth-order valence-electron chi connectivity index (χ4n) is 1.74. The molecule has 4 N–H and O–H groups in total. The van der Waals surface area contributed by atoms with E-state index in [0.717, 1.165) is 6.42 Å². The number of hydrogen-bond acceptors (Lipinski definition) is 4. The highest BCUT2D eigenvalue weighted by atomic mass is 32.2. The van der Waals surface area contributed by atoms with E-state index in [1.165, 1.54) is 0 Å². The zero-order valence-corrected chi connectivity index (χ0v) is 13.2. The Hall–Kier alpha value is -1.60. The van der Waals surface area contributed by atoms with Crippen LogP contribution in [0.25, 0.3) is 0 Å². The molecule has 0 aliphatic rings. The molecule has 7 heteroatoms. The summed E-state index contributed by atoms with van der Waals surface area (Å²) < 4.78 is 25.3. The molecule has 0 saturated heterocycles. The first-order chi connectivity index (χ1) is 9.90. The van der Waals surface area contributed by atoms with E-state index < -0.39 is 10.0 Å². The number of carbonyl (C=O) groups is 1. The van der Waals surface area contributed by atoms with Gasteiger partial charge in [0.1, 0.15) is 0 Å². The van der Waals surface area contributed by atoms with E-state index in [9.17, 15) is 13.2 Å². The third-order valence-corrected chi connectivity index (χ3v) is 4.51. The van der Waals surface area contributed by atoms with E-state index in [4.69, 9.17) is 5.73 Å². The summed E-state index contributed by atoms with van der Waals surface area (Å²) in [5.41, 5.74) is 6.68. The van der Waals surface area contributed by atoms with Crippen LogP contribution in [0.3, 0.4) is 0 Å². The molecule has 118 valence electrons. The van der Waals surface area contributed by atoms with Crippen molar-refractivity contribution in [3.8, 4) is 0 Å². The summed E-state index contributed by atoms with van der Waals surface area (Å²) in [6, 6.07) is 6.55. The minimum absolute atomic E-state index is 0.0168. The van der Waals surface area contributed by atoms with Gasteiger partial charge in [-0.05, 0) is 43.7 Å². The lowest BCUT2D eigenvalue weighted by Crippen LogP contribution is -2.21. The summed E-state index contributed by atoms with van der Waals surface area (Å²) in [6.45, 7) is 4.06. The summed E-state index contributed by atoms with van der Waals surface area (Å²) in [5, 5.41) is 2.77. The Bertz CT molecular complexity index is 551. The van der Waals surface area contributed by atoms with Crippen molar-refractivity contribution in [3.05, 3.63) is 24.3 Å². The van der Waals surface area contributed by atoms with Gasteiger partial charge in [0.15, 0.2) is 0 Å². The zero-order valence-electron chi connectivity index (χ0n) is 12.4. The molecular weight excluding hydrogens is 290 g/mol. The Morgan fingerprint density at radius 2 is 1.76 bits per heavy atom. The van der Waals surface area contributed by atoms with Crippen LogP contribution in [-0.4, -0.2) is 26.6 Å². The van der Waals surface area contributed by atoms with E-state index in [0.29, 0.717) is 24.3 Å². The Labute approximate surface area is 126 Å². The van der Waals surface area contributed by atoms with Crippen molar-refractivity contribution in [3.63, 3.8) is 0 Å². The molecule has 1 aromatic rings. The minimum Gasteiger partial charge on any atom is -0.330 e. The lowest BCUT2D eigenvalue weighted by Gasteiger charge is -2.12. The molecular formula is C14H23N3O3S. The second kappa shape index (κ2) is 7.99. The van der Waals surface area contributed by atoms with Gasteiger partial charge in [-0.15, -0.1) is 0 Å². The molecule has 0 saturated carbocycles. The monoisotopic (exact) mass is 313 g/mol. The predicted octanol–water partition coefficient (Wildman–Crippen LogP) is 1.76. The molecule has 0 aliphatic heterocycles. The van der Waals surface area contributed by atoms with Gasteiger partial charge in [-0.1, -0.05) is 13.3 Å². The van der Waals surface area contributed by atoms with Crippen LogP contribution in [0.15, 0.2) is 24.3 Å². The lowest BCUT2D eigenvalue weighted by molar-refractivity contribution is -0.117. The Morgan fingerprint density at radius 1 is 1.19 bits per heavy atom. The van der Waals surface area contributed by atoms with Crippen molar-refractivity contribution < 1.29 is 13.2 Å². The highest BCUT2D eigenvalue weighted by molar-refractivity contribution is 7.92. The first-order valence-electron chi connectivity index (χ1n) is 7.00. The van der Waals surface area contributed by atoms with Crippen molar-refractivity contribution >= 4 is 27.3 Å². The number of nitrogens with two attached hydrogens (primary N) is 1. The Morgan fingerprint density at radius 3 is 2.24 bits per heavy atom. The van der Waals surface area contributed by atoms with Crippen LogP contribution in [0.1, 0.15) is 26.7 Å². The Kier molecular flexibility index (Phi) is 6.64. The van der Waals surface area contributed by atoms with Crippen molar-refractivity contribution in [2.24, 2.45) is 11.7 Å². The molecule has 1 amide bonds. The van der Waals surface area contributed by atoms with Gasteiger partial charge >= 0.3 is 0 Å². The second-order valence-electron chi connectivity index (χ2n) is 4.85. The largest absolute Gasteiger partial charge is 0.330 e. The van der Waals surface area contributed by atoms with E-state index in [-0.39, 0.29) is 17.6 Å².